The van der Waals surface area contributed by atoms with E-state index in [4.69, 9.17) is 5.10 Å². The van der Waals surface area contributed by atoms with Gasteiger partial charge in [-0.25, -0.2) is 4.68 Å². The molecular weight excluding hydrogens is 250 g/mol. The summed E-state index contributed by atoms with van der Waals surface area (Å²) in [6.45, 7) is 5.46. The average Bonchev–Trinajstić information content (AvgIpc) is 3.05. The van der Waals surface area contributed by atoms with Crippen molar-refractivity contribution in [3.63, 3.8) is 0 Å². The molecular formula is C15H23N5. The lowest BCUT2D eigenvalue weighted by Crippen LogP contribution is -2.24. The van der Waals surface area contributed by atoms with Crippen molar-refractivity contribution < 1.29 is 0 Å². The van der Waals surface area contributed by atoms with Crippen LogP contribution in [0.1, 0.15) is 56.3 Å². The Morgan fingerprint density at radius 1 is 1.40 bits per heavy atom. The summed E-state index contributed by atoms with van der Waals surface area (Å²) in [6, 6.07) is 2.53. The van der Waals surface area contributed by atoms with Gasteiger partial charge in [-0.2, -0.15) is 10.2 Å². The number of anilines is 1. The fourth-order valence-electron chi connectivity index (χ4n) is 3.07. The molecule has 5 nitrogen and oxygen atoms in total. The van der Waals surface area contributed by atoms with Crippen LogP contribution in [-0.2, 0) is 7.05 Å². The zero-order valence-corrected chi connectivity index (χ0v) is 12.5. The second-order valence-corrected chi connectivity index (χ2v) is 5.59. The highest BCUT2D eigenvalue weighted by Gasteiger charge is 2.25. The molecule has 0 spiro atoms. The highest BCUT2D eigenvalue weighted by atomic mass is 15.4. The van der Waals surface area contributed by atoms with Gasteiger partial charge in [-0.1, -0.05) is 13.8 Å². The van der Waals surface area contributed by atoms with Crippen LogP contribution in [0.25, 0.3) is 0 Å². The molecule has 0 aliphatic carbocycles. The Kier molecular flexibility index (Phi) is 3.51. The van der Waals surface area contributed by atoms with Gasteiger partial charge in [0.25, 0.3) is 0 Å². The van der Waals surface area contributed by atoms with E-state index in [1.807, 2.05) is 17.9 Å². The Bertz CT molecular complexity index is 579. The monoisotopic (exact) mass is 273 g/mol. The minimum atomic E-state index is 0.308. The summed E-state index contributed by atoms with van der Waals surface area (Å²) in [5.74, 6) is 1.71. The molecule has 5 heteroatoms. The molecule has 3 heterocycles. The molecule has 1 aliphatic heterocycles. The predicted molar refractivity (Wildman–Crippen MR) is 80.0 cm³/mol. The standard InChI is InChI=1S/C15H23N5/c1-4-11(5-2)13-8-15-16-7-6-14(20(15)18-13)12-9-17-19(3)10-12/h8-11,14,16H,4-7H2,1-3H3. The molecule has 0 saturated heterocycles. The first kappa shape index (κ1) is 13.2. The van der Waals surface area contributed by atoms with Gasteiger partial charge >= 0.3 is 0 Å². The van der Waals surface area contributed by atoms with Gasteiger partial charge in [0.2, 0.25) is 0 Å². The third-order valence-corrected chi connectivity index (χ3v) is 4.29. The van der Waals surface area contributed by atoms with Crippen LogP contribution in [0.2, 0.25) is 0 Å². The van der Waals surface area contributed by atoms with Crippen molar-refractivity contribution in [1.29, 1.82) is 0 Å². The van der Waals surface area contributed by atoms with Crippen LogP contribution in [0.3, 0.4) is 0 Å². The van der Waals surface area contributed by atoms with Crippen LogP contribution >= 0.6 is 0 Å². The zero-order valence-electron chi connectivity index (χ0n) is 12.5. The molecule has 0 bridgehead atoms. The molecule has 1 atom stereocenters. The Morgan fingerprint density at radius 3 is 2.85 bits per heavy atom. The van der Waals surface area contributed by atoms with Gasteiger partial charge in [0, 0.05) is 37.3 Å². The first-order valence-corrected chi connectivity index (χ1v) is 7.54. The molecule has 2 aromatic rings. The minimum Gasteiger partial charge on any atom is -0.370 e. The van der Waals surface area contributed by atoms with Crippen molar-refractivity contribution >= 4 is 5.82 Å². The second kappa shape index (κ2) is 5.31. The van der Waals surface area contributed by atoms with Gasteiger partial charge in [0.1, 0.15) is 5.82 Å². The number of hydrogen-bond acceptors (Lipinski definition) is 3. The van der Waals surface area contributed by atoms with Crippen molar-refractivity contribution in [3.05, 3.63) is 29.7 Å². The van der Waals surface area contributed by atoms with Crippen LogP contribution in [0, 0.1) is 0 Å². The van der Waals surface area contributed by atoms with Crippen molar-refractivity contribution in [3.8, 4) is 0 Å². The summed E-state index contributed by atoms with van der Waals surface area (Å²) in [5, 5.41) is 12.6. The Labute approximate surface area is 120 Å². The summed E-state index contributed by atoms with van der Waals surface area (Å²) >= 11 is 0. The summed E-state index contributed by atoms with van der Waals surface area (Å²) in [5.41, 5.74) is 2.46. The molecule has 3 rings (SSSR count). The third-order valence-electron chi connectivity index (χ3n) is 4.29. The van der Waals surface area contributed by atoms with E-state index in [0.29, 0.717) is 12.0 Å². The van der Waals surface area contributed by atoms with Gasteiger partial charge in [0.05, 0.1) is 17.9 Å². The van der Waals surface area contributed by atoms with Gasteiger partial charge in [0.15, 0.2) is 0 Å². The van der Waals surface area contributed by atoms with Crippen LogP contribution in [0.5, 0.6) is 0 Å². The summed E-state index contributed by atoms with van der Waals surface area (Å²) < 4.78 is 4.01. The maximum Gasteiger partial charge on any atom is 0.125 e. The highest BCUT2D eigenvalue weighted by molar-refractivity contribution is 5.41. The molecule has 0 radical (unpaired) electrons. The fourth-order valence-corrected chi connectivity index (χ4v) is 3.07. The van der Waals surface area contributed by atoms with Crippen LogP contribution < -0.4 is 5.32 Å². The van der Waals surface area contributed by atoms with Crippen molar-refractivity contribution in [2.45, 2.75) is 45.1 Å². The Morgan fingerprint density at radius 2 is 2.20 bits per heavy atom. The second-order valence-electron chi connectivity index (χ2n) is 5.59. The first-order valence-electron chi connectivity index (χ1n) is 7.54. The van der Waals surface area contributed by atoms with Gasteiger partial charge in [-0.3, -0.25) is 4.68 Å². The lowest BCUT2D eigenvalue weighted by atomic mass is 10.00. The summed E-state index contributed by atoms with van der Waals surface area (Å²) in [6.07, 6.45) is 7.40. The molecule has 0 aromatic carbocycles. The van der Waals surface area contributed by atoms with Crippen molar-refractivity contribution in [2.75, 3.05) is 11.9 Å². The maximum atomic E-state index is 4.88. The van der Waals surface area contributed by atoms with E-state index >= 15 is 0 Å². The number of aromatic nitrogens is 4. The van der Waals surface area contributed by atoms with E-state index < -0.39 is 0 Å². The maximum absolute atomic E-state index is 4.88. The predicted octanol–water partition coefficient (Wildman–Crippen LogP) is 2.93. The Hall–Kier alpha value is -1.78. The van der Waals surface area contributed by atoms with E-state index in [0.717, 1.165) is 31.6 Å². The number of hydrogen-bond donors (Lipinski definition) is 1. The minimum absolute atomic E-state index is 0.308. The number of rotatable bonds is 4. The van der Waals surface area contributed by atoms with E-state index in [9.17, 15) is 0 Å². The molecule has 20 heavy (non-hydrogen) atoms. The molecule has 1 unspecified atom stereocenters. The van der Waals surface area contributed by atoms with Crippen molar-refractivity contribution in [2.24, 2.45) is 7.05 Å². The van der Waals surface area contributed by atoms with Gasteiger partial charge < -0.3 is 5.32 Å². The van der Waals surface area contributed by atoms with E-state index in [2.05, 4.69) is 41.2 Å². The van der Waals surface area contributed by atoms with Crippen LogP contribution in [0.15, 0.2) is 18.5 Å². The quantitative estimate of drug-likeness (QED) is 0.931. The number of aryl methyl sites for hydroxylation is 1. The lowest BCUT2D eigenvalue weighted by Gasteiger charge is -2.24. The van der Waals surface area contributed by atoms with Crippen molar-refractivity contribution in [1.82, 2.24) is 19.6 Å². The van der Waals surface area contributed by atoms with Crippen LogP contribution in [-0.4, -0.2) is 26.1 Å². The van der Waals surface area contributed by atoms with Gasteiger partial charge in [-0.05, 0) is 19.3 Å². The largest absolute Gasteiger partial charge is 0.370 e. The first-order chi connectivity index (χ1) is 9.72. The normalized spacial score (nSPS) is 18.1. The summed E-state index contributed by atoms with van der Waals surface area (Å²) in [7, 11) is 1.96. The summed E-state index contributed by atoms with van der Waals surface area (Å²) in [4.78, 5) is 0. The molecule has 0 fully saturated rings. The van der Waals surface area contributed by atoms with Gasteiger partial charge in [-0.15, -0.1) is 0 Å². The molecule has 2 aromatic heterocycles. The Balaban J connectivity index is 1.96. The number of nitrogens with one attached hydrogen (secondary N) is 1. The SMILES string of the molecule is CCC(CC)c1cc2n(n1)C(c1cnn(C)c1)CCN2. The lowest BCUT2D eigenvalue weighted by molar-refractivity contribution is 0.470. The molecule has 0 saturated carbocycles. The third kappa shape index (κ3) is 2.21. The van der Waals surface area contributed by atoms with Crippen LogP contribution in [0.4, 0.5) is 5.82 Å². The van der Waals surface area contributed by atoms with E-state index in [1.54, 1.807) is 0 Å². The fraction of sp³-hybridized carbons (Fsp3) is 0.600. The molecule has 108 valence electrons. The molecule has 1 N–H and O–H groups in total. The zero-order chi connectivity index (χ0) is 14.1. The number of nitrogens with zero attached hydrogens (tertiary/aromatic N) is 4. The highest BCUT2D eigenvalue weighted by Crippen LogP contribution is 2.32. The molecule has 1 aliphatic rings. The smallest absolute Gasteiger partial charge is 0.125 e. The van der Waals surface area contributed by atoms with E-state index in [1.165, 1.54) is 11.3 Å². The topological polar surface area (TPSA) is 47.7 Å². The average molecular weight is 273 g/mol. The molecule has 0 amide bonds. The van der Waals surface area contributed by atoms with E-state index in [-0.39, 0.29) is 0 Å². The number of fused-ring (bicyclic) bond motifs is 1.